The fourth-order valence-corrected chi connectivity index (χ4v) is 1.35. The highest BCUT2D eigenvalue weighted by Gasteiger charge is 2.04. The van der Waals surface area contributed by atoms with Crippen LogP contribution in [0.4, 0.5) is 0 Å². The first kappa shape index (κ1) is 10.5. The van der Waals surface area contributed by atoms with Gasteiger partial charge in [-0.3, -0.25) is 4.79 Å². The van der Waals surface area contributed by atoms with Crippen molar-refractivity contribution in [2.24, 2.45) is 0 Å². The lowest BCUT2D eigenvalue weighted by Gasteiger charge is -2.04. The van der Waals surface area contributed by atoms with Gasteiger partial charge < -0.3 is 9.15 Å². The summed E-state index contributed by atoms with van der Waals surface area (Å²) in [6.07, 6.45) is 0.646. The van der Waals surface area contributed by atoms with Crippen LogP contribution >= 0.6 is 0 Å². The van der Waals surface area contributed by atoms with E-state index in [0.29, 0.717) is 18.0 Å². The molecule has 0 unspecified atom stereocenters. The molecule has 0 spiro atoms. The number of carbonyl (C=O) groups excluding carboxylic acids is 1. The first-order valence-electron chi connectivity index (χ1n) is 4.99. The van der Waals surface area contributed by atoms with Gasteiger partial charge in [-0.25, -0.2) is 0 Å². The highest BCUT2D eigenvalue weighted by Crippen LogP contribution is 2.24. The molecule has 0 bridgehead atoms. The summed E-state index contributed by atoms with van der Waals surface area (Å²) in [7, 11) is 0. The molecule has 1 aromatic heterocycles. The highest BCUT2D eigenvalue weighted by molar-refractivity contribution is 5.70. The molecule has 1 heterocycles. The number of hydrogen-bond acceptors (Lipinski definition) is 3. The molecular formula is C13H12O3. The molecule has 0 aliphatic rings. The van der Waals surface area contributed by atoms with E-state index in [1.807, 2.05) is 32.0 Å². The topological polar surface area (TPSA) is 39.4 Å². The lowest BCUT2D eigenvalue weighted by Crippen LogP contribution is -1.85. The molecule has 0 aliphatic heterocycles. The zero-order chi connectivity index (χ0) is 11.5. The normalized spacial score (nSPS) is 10.1. The largest absolute Gasteiger partial charge is 0.426 e. The SMILES string of the molecule is Cc1ccc(Oc2ccc(C=O)o2)cc1C. The van der Waals surface area contributed by atoms with Gasteiger partial charge in [-0.2, -0.15) is 0 Å². The zero-order valence-electron chi connectivity index (χ0n) is 9.19. The van der Waals surface area contributed by atoms with Gasteiger partial charge in [-0.15, -0.1) is 0 Å². The molecule has 16 heavy (non-hydrogen) atoms. The van der Waals surface area contributed by atoms with Crippen LogP contribution in [-0.4, -0.2) is 6.29 Å². The van der Waals surface area contributed by atoms with Crippen LogP contribution in [0.5, 0.6) is 11.7 Å². The third-order valence-electron chi connectivity index (χ3n) is 2.42. The maximum absolute atomic E-state index is 10.4. The van der Waals surface area contributed by atoms with Gasteiger partial charge in [0, 0.05) is 6.07 Å². The first-order valence-corrected chi connectivity index (χ1v) is 4.99. The monoisotopic (exact) mass is 216 g/mol. The average Bonchev–Trinajstić information content (AvgIpc) is 2.71. The Kier molecular flexibility index (Phi) is 2.77. The number of carbonyl (C=O) groups is 1. The van der Waals surface area contributed by atoms with Gasteiger partial charge in [-0.1, -0.05) is 6.07 Å². The summed E-state index contributed by atoms with van der Waals surface area (Å²) in [5, 5.41) is 0. The van der Waals surface area contributed by atoms with E-state index in [1.165, 1.54) is 5.56 Å². The van der Waals surface area contributed by atoms with Crippen molar-refractivity contribution < 1.29 is 13.9 Å². The fraction of sp³-hybridized carbons (Fsp3) is 0.154. The Morgan fingerprint density at radius 3 is 2.56 bits per heavy atom. The van der Waals surface area contributed by atoms with Gasteiger partial charge >= 0.3 is 0 Å². The van der Waals surface area contributed by atoms with E-state index in [2.05, 4.69) is 0 Å². The van der Waals surface area contributed by atoms with E-state index < -0.39 is 0 Å². The standard InChI is InChI=1S/C13H12O3/c1-9-3-4-11(7-10(9)2)15-13-6-5-12(8-14)16-13/h3-8H,1-2H3. The van der Waals surface area contributed by atoms with Crippen LogP contribution in [0, 0.1) is 13.8 Å². The van der Waals surface area contributed by atoms with E-state index >= 15 is 0 Å². The molecule has 0 N–H and O–H groups in total. The summed E-state index contributed by atoms with van der Waals surface area (Å²) >= 11 is 0. The van der Waals surface area contributed by atoms with Crippen LogP contribution in [-0.2, 0) is 0 Å². The number of aldehydes is 1. The summed E-state index contributed by atoms with van der Waals surface area (Å²) in [6.45, 7) is 4.05. The molecule has 3 heteroatoms. The minimum absolute atomic E-state index is 0.263. The minimum atomic E-state index is 0.263. The summed E-state index contributed by atoms with van der Waals surface area (Å²) in [6, 6.07) is 8.97. The summed E-state index contributed by atoms with van der Waals surface area (Å²) in [4.78, 5) is 10.4. The number of rotatable bonds is 3. The van der Waals surface area contributed by atoms with Gasteiger partial charge in [0.05, 0.1) is 0 Å². The van der Waals surface area contributed by atoms with Gasteiger partial charge in [0.1, 0.15) is 5.75 Å². The maximum atomic E-state index is 10.4. The molecule has 0 saturated heterocycles. The Morgan fingerprint density at radius 2 is 1.94 bits per heavy atom. The van der Waals surface area contributed by atoms with Crippen LogP contribution in [0.15, 0.2) is 34.7 Å². The van der Waals surface area contributed by atoms with E-state index in [1.54, 1.807) is 12.1 Å². The van der Waals surface area contributed by atoms with Crippen molar-refractivity contribution in [3.05, 3.63) is 47.2 Å². The molecule has 3 nitrogen and oxygen atoms in total. The predicted octanol–water partition coefficient (Wildman–Crippen LogP) is 3.50. The number of furan rings is 1. The predicted molar refractivity (Wildman–Crippen MR) is 60.1 cm³/mol. The molecule has 2 aromatic rings. The molecule has 0 fully saturated rings. The number of benzene rings is 1. The van der Waals surface area contributed by atoms with Crippen LogP contribution in [0.3, 0.4) is 0 Å². The van der Waals surface area contributed by atoms with Crippen molar-refractivity contribution in [3.8, 4) is 11.7 Å². The molecular weight excluding hydrogens is 204 g/mol. The molecule has 82 valence electrons. The van der Waals surface area contributed by atoms with E-state index in [9.17, 15) is 4.79 Å². The van der Waals surface area contributed by atoms with E-state index in [0.717, 1.165) is 5.56 Å². The average molecular weight is 216 g/mol. The van der Waals surface area contributed by atoms with Gasteiger partial charge in [0.2, 0.25) is 0 Å². The minimum Gasteiger partial charge on any atom is -0.426 e. The van der Waals surface area contributed by atoms with Gasteiger partial charge in [0.25, 0.3) is 5.95 Å². The Morgan fingerprint density at radius 1 is 1.12 bits per heavy atom. The quantitative estimate of drug-likeness (QED) is 0.737. The maximum Gasteiger partial charge on any atom is 0.290 e. The van der Waals surface area contributed by atoms with Crippen LogP contribution < -0.4 is 4.74 Å². The Labute approximate surface area is 93.7 Å². The van der Waals surface area contributed by atoms with Crippen LogP contribution in [0.25, 0.3) is 0 Å². The molecule has 0 amide bonds. The van der Waals surface area contributed by atoms with Crippen molar-refractivity contribution in [2.75, 3.05) is 0 Å². The molecule has 0 saturated carbocycles. The molecule has 2 rings (SSSR count). The second kappa shape index (κ2) is 4.23. The lowest BCUT2D eigenvalue weighted by molar-refractivity contribution is 0.109. The van der Waals surface area contributed by atoms with Crippen molar-refractivity contribution in [1.29, 1.82) is 0 Å². The smallest absolute Gasteiger partial charge is 0.290 e. The van der Waals surface area contributed by atoms with Crippen LogP contribution in [0.1, 0.15) is 21.7 Å². The number of aryl methyl sites for hydroxylation is 2. The molecule has 0 radical (unpaired) electrons. The first-order chi connectivity index (χ1) is 7.69. The Balaban J connectivity index is 2.20. The third-order valence-corrected chi connectivity index (χ3v) is 2.42. The van der Waals surface area contributed by atoms with Gasteiger partial charge in [0.15, 0.2) is 12.0 Å². The molecule has 0 aliphatic carbocycles. The summed E-state index contributed by atoms with van der Waals surface area (Å²) < 4.78 is 10.6. The van der Waals surface area contributed by atoms with Crippen molar-refractivity contribution >= 4 is 6.29 Å². The number of ether oxygens (including phenoxy) is 1. The Hall–Kier alpha value is -2.03. The number of hydrogen-bond donors (Lipinski definition) is 0. The summed E-state index contributed by atoms with van der Waals surface area (Å²) in [5.74, 6) is 1.29. The van der Waals surface area contributed by atoms with Crippen molar-refractivity contribution in [3.63, 3.8) is 0 Å². The zero-order valence-corrected chi connectivity index (χ0v) is 9.19. The van der Waals surface area contributed by atoms with E-state index in [-0.39, 0.29) is 5.76 Å². The fourth-order valence-electron chi connectivity index (χ4n) is 1.35. The second-order valence-electron chi connectivity index (χ2n) is 3.62. The lowest BCUT2D eigenvalue weighted by atomic mass is 10.1. The van der Waals surface area contributed by atoms with Crippen molar-refractivity contribution in [1.82, 2.24) is 0 Å². The van der Waals surface area contributed by atoms with Gasteiger partial charge in [-0.05, 0) is 43.2 Å². The van der Waals surface area contributed by atoms with Crippen LogP contribution in [0.2, 0.25) is 0 Å². The molecule has 1 aromatic carbocycles. The van der Waals surface area contributed by atoms with Crippen molar-refractivity contribution in [2.45, 2.75) is 13.8 Å². The highest BCUT2D eigenvalue weighted by atomic mass is 16.6. The Bertz CT molecular complexity index is 512. The van der Waals surface area contributed by atoms with E-state index in [4.69, 9.17) is 9.15 Å². The second-order valence-corrected chi connectivity index (χ2v) is 3.62. The third kappa shape index (κ3) is 2.14. The summed E-state index contributed by atoms with van der Waals surface area (Å²) in [5.41, 5.74) is 2.36. The molecule has 0 atom stereocenters.